The molecule has 3 rings (SSSR count). The zero-order valence-corrected chi connectivity index (χ0v) is 16.7. The molecule has 140 valence electrons. The van der Waals surface area contributed by atoms with Crippen LogP contribution in [0.1, 0.15) is 20.8 Å². The summed E-state index contributed by atoms with van der Waals surface area (Å²) >= 11 is 0. The first-order valence-electron chi connectivity index (χ1n) is 8.90. The van der Waals surface area contributed by atoms with Crippen LogP contribution in [-0.4, -0.2) is 15.0 Å². The van der Waals surface area contributed by atoms with Crippen LogP contribution < -0.4 is 0 Å². The molecule has 0 fully saturated rings. The largest absolute Gasteiger partial charge is 0.296 e. The molecule has 27 heavy (non-hydrogen) atoms. The molecule has 0 saturated carbocycles. The number of benzene rings is 3. The van der Waals surface area contributed by atoms with Gasteiger partial charge in [0.25, 0.3) is 10.1 Å². The topological polar surface area (TPSA) is 43.4 Å². The van der Waals surface area contributed by atoms with E-state index in [2.05, 4.69) is 24.3 Å². The van der Waals surface area contributed by atoms with Crippen molar-refractivity contribution >= 4 is 10.1 Å². The Labute approximate surface area is 161 Å². The van der Waals surface area contributed by atoms with E-state index in [-0.39, 0.29) is 16.9 Å². The lowest BCUT2D eigenvalue weighted by molar-refractivity contribution is 0.203. The molecule has 0 bridgehead atoms. The highest BCUT2D eigenvalue weighted by Crippen LogP contribution is 2.26. The van der Waals surface area contributed by atoms with E-state index in [9.17, 15) is 8.42 Å². The summed E-state index contributed by atoms with van der Waals surface area (Å²) in [6, 6.07) is 25.2. The predicted molar refractivity (Wildman–Crippen MR) is 110 cm³/mol. The molecule has 4 heteroatoms. The van der Waals surface area contributed by atoms with E-state index >= 15 is 0 Å². The van der Waals surface area contributed by atoms with Gasteiger partial charge in [-0.1, -0.05) is 87.5 Å². The molecule has 0 unspecified atom stereocenters. The van der Waals surface area contributed by atoms with Crippen molar-refractivity contribution in [2.75, 3.05) is 6.61 Å². The Kier molecular flexibility index (Phi) is 5.49. The van der Waals surface area contributed by atoms with Crippen LogP contribution in [0.25, 0.3) is 22.3 Å². The molecule has 3 aromatic rings. The van der Waals surface area contributed by atoms with Gasteiger partial charge >= 0.3 is 0 Å². The molecular weight excluding hydrogens is 356 g/mol. The summed E-state index contributed by atoms with van der Waals surface area (Å²) in [5, 5.41) is 0. The van der Waals surface area contributed by atoms with Crippen molar-refractivity contribution in [2.24, 2.45) is 5.41 Å². The Morgan fingerprint density at radius 2 is 1.07 bits per heavy atom. The fourth-order valence-electron chi connectivity index (χ4n) is 2.62. The molecule has 0 atom stereocenters. The zero-order chi connectivity index (χ0) is 19.5. The Bertz CT molecular complexity index is 982. The molecule has 0 aliphatic carbocycles. The van der Waals surface area contributed by atoms with Crippen LogP contribution in [0.3, 0.4) is 0 Å². The molecule has 0 heterocycles. The minimum atomic E-state index is -3.74. The van der Waals surface area contributed by atoms with E-state index in [1.54, 1.807) is 12.1 Å². The van der Waals surface area contributed by atoms with E-state index in [0.717, 1.165) is 16.7 Å². The molecule has 0 aliphatic rings. The first kappa shape index (κ1) is 19.3. The lowest BCUT2D eigenvalue weighted by Gasteiger charge is -2.17. The summed E-state index contributed by atoms with van der Waals surface area (Å²) in [6.07, 6.45) is 0. The maximum Gasteiger partial charge on any atom is 0.296 e. The third kappa shape index (κ3) is 5.06. The van der Waals surface area contributed by atoms with Crippen molar-refractivity contribution in [1.82, 2.24) is 0 Å². The second-order valence-corrected chi connectivity index (χ2v) is 9.36. The first-order valence-corrected chi connectivity index (χ1v) is 10.3. The number of hydrogen-bond donors (Lipinski definition) is 0. The predicted octanol–water partition coefficient (Wildman–Crippen LogP) is 5.77. The molecule has 0 aliphatic heterocycles. The van der Waals surface area contributed by atoms with Crippen LogP contribution in [0, 0.1) is 5.41 Å². The van der Waals surface area contributed by atoms with Gasteiger partial charge < -0.3 is 0 Å². The second-order valence-electron chi connectivity index (χ2n) is 7.74. The van der Waals surface area contributed by atoms with Gasteiger partial charge in [-0.25, -0.2) is 0 Å². The van der Waals surface area contributed by atoms with Crippen molar-refractivity contribution in [3.05, 3.63) is 78.9 Å². The molecule has 3 aromatic carbocycles. The van der Waals surface area contributed by atoms with Crippen molar-refractivity contribution in [2.45, 2.75) is 25.7 Å². The van der Waals surface area contributed by atoms with Gasteiger partial charge in [0.2, 0.25) is 0 Å². The molecule has 0 aromatic heterocycles. The normalized spacial score (nSPS) is 12.1. The zero-order valence-electron chi connectivity index (χ0n) is 15.8. The van der Waals surface area contributed by atoms with Crippen molar-refractivity contribution in [1.29, 1.82) is 0 Å². The smallest absolute Gasteiger partial charge is 0.266 e. The molecule has 3 nitrogen and oxygen atoms in total. The summed E-state index contributed by atoms with van der Waals surface area (Å²) in [7, 11) is -3.74. The lowest BCUT2D eigenvalue weighted by Crippen LogP contribution is -2.18. The molecular formula is C23H24O3S. The quantitative estimate of drug-likeness (QED) is 0.528. The van der Waals surface area contributed by atoms with Gasteiger partial charge in [-0.2, -0.15) is 8.42 Å². The monoisotopic (exact) mass is 380 g/mol. The van der Waals surface area contributed by atoms with Crippen LogP contribution in [0.4, 0.5) is 0 Å². The molecule has 0 N–H and O–H groups in total. The van der Waals surface area contributed by atoms with Gasteiger partial charge in [0.05, 0.1) is 11.5 Å². The Hall–Kier alpha value is -2.43. The highest BCUT2D eigenvalue weighted by Gasteiger charge is 2.20. The van der Waals surface area contributed by atoms with Crippen molar-refractivity contribution < 1.29 is 12.6 Å². The molecule has 0 radical (unpaired) electrons. The van der Waals surface area contributed by atoms with Crippen LogP contribution in [-0.2, 0) is 14.3 Å². The van der Waals surface area contributed by atoms with Crippen molar-refractivity contribution in [3.8, 4) is 22.3 Å². The van der Waals surface area contributed by atoms with E-state index in [0.29, 0.717) is 0 Å². The van der Waals surface area contributed by atoms with Gasteiger partial charge in [-0.3, -0.25) is 4.18 Å². The summed E-state index contributed by atoms with van der Waals surface area (Å²) in [6.45, 7) is 5.96. The summed E-state index contributed by atoms with van der Waals surface area (Å²) in [5.41, 5.74) is 4.10. The Morgan fingerprint density at radius 3 is 1.52 bits per heavy atom. The third-order valence-corrected chi connectivity index (χ3v) is 5.39. The summed E-state index contributed by atoms with van der Waals surface area (Å²) in [5.74, 6) is 0. The van der Waals surface area contributed by atoms with E-state index < -0.39 is 10.1 Å². The standard InChI is InChI=1S/C23H24O3S/c1-23(2,3)17-26-27(24,25)22-15-13-21(14-16-22)20-11-9-19(10-12-20)18-7-5-4-6-8-18/h4-16H,17H2,1-3H3. The van der Waals surface area contributed by atoms with E-state index in [4.69, 9.17) is 4.18 Å². The van der Waals surface area contributed by atoms with Crippen LogP contribution in [0.2, 0.25) is 0 Å². The van der Waals surface area contributed by atoms with Crippen LogP contribution in [0.5, 0.6) is 0 Å². The Balaban J connectivity index is 1.77. The lowest BCUT2D eigenvalue weighted by atomic mass is 9.99. The van der Waals surface area contributed by atoms with Gasteiger partial charge in [0.1, 0.15) is 0 Å². The highest BCUT2D eigenvalue weighted by molar-refractivity contribution is 7.86. The van der Waals surface area contributed by atoms with Crippen LogP contribution >= 0.6 is 0 Å². The first-order chi connectivity index (χ1) is 12.7. The average molecular weight is 381 g/mol. The molecule has 0 spiro atoms. The van der Waals surface area contributed by atoms with Crippen molar-refractivity contribution in [3.63, 3.8) is 0 Å². The Morgan fingerprint density at radius 1 is 0.667 bits per heavy atom. The van der Waals surface area contributed by atoms with Gasteiger partial charge in [-0.15, -0.1) is 0 Å². The SMILES string of the molecule is CC(C)(C)COS(=O)(=O)c1ccc(-c2ccc(-c3ccccc3)cc2)cc1. The fraction of sp³-hybridized carbons (Fsp3) is 0.217. The molecule has 0 saturated heterocycles. The van der Waals surface area contributed by atoms with Gasteiger partial charge in [0.15, 0.2) is 0 Å². The maximum atomic E-state index is 12.3. The number of rotatable bonds is 5. The summed E-state index contributed by atoms with van der Waals surface area (Å²) < 4.78 is 29.8. The minimum absolute atomic E-state index is 0.151. The third-order valence-electron chi connectivity index (χ3n) is 4.12. The van der Waals surface area contributed by atoms with E-state index in [1.807, 2.05) is 63.2 Å². The molecule has 0 amide bonds. The van der Waals surface area contributed by atoms with Gasteiger partial charge in [-0.05, 0) is 39.8 Å². The minimum Gasteiger partial charge on any atom is -0.266 e. The summed E-state index contributed by atoms with van der Waals surface area (Å²) in [4.78, 5) is 0.177. The number of hydrogen-bond acceptors (Lipinski definition) is 3. The average Bonchev–Trinajstić information content (AvgIpc) is 2.67. The van der Waals surface area contributed by atoms with Crippen LogP contribution in [0.15, 0.2) is 83.8 Å². The maximum absolute atomic E-state index is 12.3. The van der Waals surface area contributed by atoms with E-state index in [1.165, 1.54) is 5.56 Å². The fourth-order valence-corrected chi connectivity index (χ4v) is 3.74. The second kappa shape index (κ2) is 7.67. The van der Waals surface area contributed by atoms with Gasteiger partial charge in [0, 0.05) is 0 Å². The highest BCUT2D eigenvalue weighted by atomic mass is 32.2.